The number of carbonyl (C=O) groups is 1. The molecule has 94 valence electrons. The molecule has 4 N–H and O–H groups in total. The average molecular weight is 255 g/mol. The van der Waals surface area contributed by atoms with Gasteiger partial charge in [0.2, 0.25) is 0 Å². The Hall–Kier alpha value is -1.27. The molecule has 5 nitrogen and oxygen atoms in total. The molecule has 0 saturated heterocycles. The number of aliphatic hydroxyl groups excluding tert-OH is 1. The van der Waals surface area contributed by atoms with Crippen molar-refractivity contribution < 1.29 is 9.90 Å². The summed E-state index contributed by atoms with van der Waals surface area (Å²) in [6.07, 6.45) is 2.25. The van der Waals surface area contributed by atoms with Crippen molar-refractivity contribution >= 4 is 23.4 Å². The molecule has 1 heterocycles. The highest BCUT2D eigenvalue weighted by Gasteiger charge is 2.05. The Morgan fingerprint density at radius 1 is 1.47 bits per heavy atom. The molecule has 0 unspecified atom stereocenters. The largest absolute Gasteiger partial charge is 0.397 e. The van der Waals surface area contributed by atoms with Crippen LogP contribution in [0.2, 0.25) is 0 Å². The molecule has 0 aliphatic carbocycles. The van der Waals surface area contributed by atoms with E-state index in [4.69, 9.17) is 10.8 Å². The number of nitrogens with zero attached hydrogens (tertiary/aromatic N) is 1. The second kappa shape index (κ2) is 7.92. The van der Waals surface area contributed by atoms with Crippen LogP contribution in [0.25, 0.3) is 0 Å². The first-order chi connectivity index (χ1) is 8.24. The molecule has 0 aromatic carbocycles. The number of aromatic nitrogens is 1. The highest BCUT2D eigenvalue weighted by Crippen LogP contribution is 2.02. The van der Waals surface area contributed by atoms with Crippen molar-refractivity contribution in [1.82, 2.24) is 10.3 Å². The number of rotatable bonds is 7. The predicted molar refractivity (Wildman–Crippen MR) is 70.0 cm³/mol. The van der Waals surface area contributed by atoms with Crippen LogP contribution in [0.3, 0.4) is 0 Å². The number of aliphatic hydroxyl groups is 1. The maximum Gasteiger partial charge on any atom is 0.269 e. The standard InChI is InChI=1S/C11H17N3O2S/c12-9-2-3-10(14-8-9)11(16)13-4-7-17-6-1-5-15/h2-3,8,15H,1,4-7,12H2,(H,13,16). The molecule has 0 radical (unpaired) electrons. The normalized spacial score (nSPS) is 10.2. The fourth-order valence-corrected chi connectivity index (χ4v) is 1.92. The average Bonchev–Trinajstić information content (AvgIpc) is 2.34. The van der Waals surface area contributed by atoms with Gasteiger partial charge in [-0.2, -0.15) is 11.8 Å². The van der Waals surface area contributed by atoms with Gasteiger partial charge in [-0.25, -0.2) is 4.98 Å². The molecule has 1 rings (SSSR count). The van der Waals surface area contributed by atoms with Gasteiger partial charge in [-0.3, -0.25) is 4.79 Å². The molecule has 17 heavy (non-hydrogen) atoms. The lowest BCUT2D eigenvalue weighted by Gasteiger charge is -2.04. The summed E-state index contributed by atoms with van der Waals surface area (Å²) < 4.78 is 0. The molecule has 1 amide bonds. The number of thioether (sulfide) groups is 1. The number of pyridine rings is 1. The number of hydrogen-bond donors (Lipinski definition) is 3. The molecule has 0 aliphatic rings. The number of carbonyl (C=O) groups excluding carboxylic acids is 1. The highest BCUT2D eigenvalue weighted by atomic mass is 32.2. The fraction of sp³-hybridized carbons (Fsp3) is 0.455. The van der Waals surface area contributed by atoms with E-state index < -0.39 is 0 Å². The van der Waals surface area contributed by atoms with E-state index in [1.807, 2.05) is 0 Å². The predicted octanol–water partition coefficient (Wildman–Crippen LogP) is 0.509. The molecule has 0 atom stereocenters. The SMILES string of the molecule is Nc1ccc(C(=O)NCCSCCCO)nc1. The Bertz CT molecular complexity index is 343. The Kier molecular flexibility index (Phi) is 6.42. The summed E-state index contributed by atoms with van der Waals surface area (Å²) in [5.41, 5.74) is 6.39. The van der Waals surface area contributed by atoms with E-state index in [1.54, 1.807) is 23.9 Å². The van der Waals surface area contributed by atoms with Gasteiger partial charge in [-0.1, -0.05) is 0 Å². The Morgan fingerprint density at radius 2 is 2.29 bits per heavy atom. The van der Waals surface area contributed by atoms with Crippen molar-refractivity contribution in [3.05, 3.63) is 24.0 Å². The number of hydrogen-bond acceptors (Lipinski definition) is 5. The molecule has 1 aromatic heterocycles. The first-order valence-electron chi connectivity index (χ1n) is 5.42. The van der Waals surface area contributed by atoms with Crippen LogP contribution in [-0.4, -0.2) is 40.7 Å². The van der Waals surface area contributed by atoms with Crippen molar-refractivity contribution in [3.63, 3.8) is 0 Å². The van der Waals surface area contributed by atoms with Crippen LogP contribution < -0.4 is 11.1 Å². The molecule has 0 fully saturated rings. The summed E-state index contributed by atoms with van der Waals surface area (Å²) in [6.45, 7) is 0.815. The number of anilines is 1. The molecular weight excluding hydrogens is 238 g/mol. The summed E-state index contributed by atoms with van der Waals surface area (Å²) >= 11 is 1.70. The third kappa shape index (κ3) is 5.55. The van der Waals surface area contributed by atoms with E-state index in [2.05, 4.69) is 10.3 Å². The van der Waals surface area contributed by atoms with Crippen molar-refractivity contribution in [2.24, 2.45) is 0 Å². The van der Waals surface area contributed by atoms with Crippen LogP contribution in [0.4, 0.5) is 5.69 Å². The van der Waals surface area contributed by atoms with Crippen molar-refractivity contribution in [1.29, 1.82) is 0 Å². The van der Waals surface area contributed by atoms with Gasteiger partial charge < -0.3 is 16.2 Å². The van der Waals surface area contributed by atoms with Gasteiger partial charge >= 0.3 is 0 Å². The maximum absolute atomic E-state index is 11.6. The quantitative estimate of drug-likeness (QED) is 0.618. The highest BCUT2D eigenvalue weighted by molar-refractivity contribution is 7.99. The van der Waals surface area contributed by atoms with E-state index in [1.165, 1.54) is 6.20 Å². The third-order valence-corrected chi connectivity index (χ3v) is 3.07. The van der Waals surface area contributed by atoms with Gasteiger partial charge in [0.25, 0.3) is 5.91 Å². The van der Waals surface area contributed by atoms with Crippen molar-refractivity contribution in [2.75, 3.05) is 30.4 Å². The number of nitrogen functional groups attached to an aromatic ring is 1. The summed E-state index contributed by atoms with van der Waals surface area (Å²) in [5, 5.41) is 11.4. The zero-order valence-electron chi connectivity index (χ0n) is 9.56. The molecule has 6 heteroatoms. The Balaban J connectivity index is 2.19. The molecule has 1 aromatic rings. The second-order valence-electron chi connectivity index (χ2n) is 3.42. The minimum atomic E-state index is -0.187. The van der Waals surface area contributed by atoms with Gasteiger partial charge in [-0.05, 0) is 24.3 Å². The summed E-state index contributed by atoms with van der Waals surface area (Å²) in [7, 11) is 0. The second-order valence-corrected chi connectivity index (χ2v) is 4.65. The Morgan fingerprint density at radius 3 is 2.94 bits per heavy atom. The monoisotopic (exact) mass is 255 g/mol. The number of nitrogens with two attached hydrogens (primary N) is 1. The number of amides is 1. The smallest absolute Gasteiger partial charge is 0.269 e. The van der Waals surface area contributed by atoms with Gasteiger partial charge in [0.15, 0.2) is 0 Å². The van der Waals surface area contributed by atoms with E-state index in [-0.39, 0.29) is 12.5 Å². The van der Waals surface area contributed by atoms with Gasteiger partial charge in [0.05, 0.1) is 11.9 Å². The first-order valence-corrected chi connectivity index (χ1v) is 6.58. The molecule has 0 spiro atoms. The summed E-state index contributed by atoms with van der Waals surface area (Å²) in [5.74, 6) is 1.56. The van der Waals surface area contributed by atoms with Crippen LogP contribution in [0.5, 0.6) is 0 Å². The van der Waals surface area contributed by atoms with E-state index in [0.717, 1.165) is 17.9 Å². The van der Waals surface area contributed by atoms with E-state index in [0.29, 0.717) is 17.9 Å². The molecule has 0 saturated carbocycles. The number of nitrogens with one attached hydrogen (secondary N) is 1. The van der Waals surface area contributed by atoms with Crippen LogP contribution in [-0.2, 0) is 0 Å². The fourth-order valence-electron chi connectivity index (χ4n) is 1.14. The van der Waals surface area contributed by atoms with E-state index >= 15 is 0 Å². The van der Waals surface area contributed by atoms with Crippen LogP contribution in [0.15, 0.2) is 18.3 Å². The van der Waals surface area contributed by atoms with Crippen LogP contribution in [0.1, 0.15) is 16.9 Å². The zero-order valence-corrected chi connectivity index (χ0v) is 10.4. The molecule has 0 aliphatic heterocycles. The maximum atomic E-state index is 11.6. The lowest BCUT2D eigenvalue weighted by Crippen LogP contribution is -2.26. The zero-order chi connectivity index (χ0) is 12.5. The topological polar surface area (TPSA) is 88.2 Å². The lowest BCUT2D eigenvalue weighted by molar-refractivity contribution is 0.0951. The first kappa shape index (κ1) is 13.8. The van der Waals surface area contributed by atoms with Crippen LogP contribution in [0, 0.1) is 0 Å². The molecule has 0 bridgehead atoms. The Labute approximate surface area is 105 Å². The van der Waals surface area contributed by atoms with E-state index in [9.17, 15) is 4.79 Å². The van der Waals surface area contributed by atoms with Crippen LogP contribution >= 0.6 is 11.8 Å². The van der Waals surface area contributed by atoms with Gasteiger partial charge in [0, 0.05) is 18.9 Å². The lowest BCUT2D eigenvalue weighted by atomic mass is 10.3. The summed E-state index contributed by atoms with van der Waals surface area (Å²) in [6, 6.07) is 3.25. The van der Waals surface area contributed by atoms with Crippen molar-refractivity contribution in [2.45, 2.75) is 6.42 Å². The minimum absolute atomic E-state index is 0.187. The summed E-state index contributed by atoms with van der Waals surface area (Å²) in [4.78, 5) is 15.5. The minimum Gasteiger partial charge on any atom is -0.397 e. The third-order valence-electron chi connectivity index (χ3n) is 2.00. The molecular formula is C11H17N3O2S. The van der Waals surface area contributed by atoms with Gasteiger partial charge in [-0.15, -0.1) is 0 Å². The van der Waals surface area contributed by atoms with Crippen molar-refractivity contribution in [3.8, 4) is 0 Å². The van der Waals surface area contributed by atoms with Gasteiger partial charge in [0.1, 0.15) is 5.69 Å².